The molecule has 0 saturated heterocycles. The third-order valence-electron chi connectivity index (χ3n) is 3.32. The van der Waals surface area contributed by atoms with Gasteiger partial charge in [0.05, 0.1) is 15.1 Å². The van der Waals surface area contributed by atoms with Gasteiger partial charge in [0.1, 0.15) is 0 Å². The zero-order valence-electron chi connectivity index (χ0n) is 12.4. The first kappa shape index (κ1) is 15.7. The predicted molar refractivity (Wildman–Crippen MR) is 90.5 cm³/mol. The summed E-state index contributed by atoms with van der Waals surface area (Å²) >= 11 is 1.26. The van der Waals surface area contributed by atoms with Crippen LogP contribution in [0.25, 0.3) is 10.2 Å². The molecule has 0 aliphatic rings. The lowest BCUT2D eigenvalue weighted by Gasteiger charge is -2.00. The lowest BCUT2D eigenvalue weighted by Crippen LogP contribution is -2.12. The highest BCUT2D eigenvalue weighted by Gasteiger charge is 2.12. The van der Waals surface area contributed by atoms with E-state index >= 15 is 0 Å². The molecular weight excluding hydrogens is 334 g/mol. The second-order valence-corrected chi connectivity index (χ2v) is 8.21. The van der Waals surface area contributed by atoms with Crippen molar-refractivity contribution in [2.45, 2.75) is 17.7 Å². The van der Waals surface area contributed by atoms with Crippen molar-refractivity contribution >= 4 is 42.4 Å². The molecular formula is C15H15N3O3S2. The largest absolute Gasteiger partial charge is 0.365 e. The van der Waals surface area contributed by atoms with Crippen LogP contribution in [0.1, 0.15) is 12.1 Å². The smallest absolute Gasteiger partial charge is 0.226 e. The van der Waals surface area contributed by atoms with Gasteiger partial charge in [0.15, 0.2) is 15.0 Å². The van der Waals surface area contributed by atoms with Gasteiger partial charge >= 0.3 is 0 Å². The van der Waals surface area contributed by atoms with Gasteiger partial charge in [-0.15, -0.1) is 0 Å². The highest BCUT2D eigenvalue weighted by Crippen LogP contribution is 2.28. The van der Waals surface area contributed by atoms with Crippen LogP contribution in [0, 0.1) is 0 Å². The molecule has 0 unspecified atom stereocenters. The minimum atomic E-state index is -3.25. The maximum Gasteiger partial charge on any atom is 0.226 e. The molecule has 0 fully saturated rings. The second kappa shape index (κ2) is 6.13. The van der Waals surface area contributed by atoms with Crippen molar-refractivity contribution in [2.24, 2.45) is 0 Å². The summed E-state index contributed by atoms with van der Waals surface area (Å²) in [5.74, 6) is -0.123. The minimum Gasteiger partial charge on any atom is -0.365 e. The summed E-state index contributed by atoms with van der Waals surface area (Å²) in [7, 11) is -3.25. The van der Waals surface area contributed by atoms with Crippen molar-refractivity contribution in [1.82, 2.24) is 9.97 Å². The van der Waals surface area contributed by atoms with Gasteiger partial charge in [-0.3, -0.25) is 4.79 Å². The maximum atomic E-state index is 12.0. The first-order valence-electron chi connectivity index (χ1n) is 6.94. The molecule has 0 atom stereocenters. The van der Waals surface area contributed by atoms with Crippen LogP contribution in [0.2, 0.25) is 0 Å². The van der Waals surface area contributed by atoms with Crippen molar-refractivity contribution < 1.29 is 13.2 Å². The number of carbonyl (C=O) groups is 1. The average molecular weight is 349 g/mol. The summed E-state index contributed by atoms with van der Waals surface area (Å²) in [6.07, 6.45) is 3.96. The fourth-order valence-electron chi connectivity index (χ4n) is 2.14. The van der Waals surface area contributed by atoms with Crippen molar-refractivity contribution in [1.29, 1.82) is 0 Å². The van der Waals surface area contributed by atoms with Crippen LogP contribution >= 0.6 is 11.3 Å². The highest BCUT2D eigenvalue weighted by molar-refractivity contribution is 7.90. The minimum absolute atomic E-state index is 0.123. The molecule has 3 aromatic rings. The number of carbonyl (C=O) groups excluding carboxylic acids is 1. The van der Waals surface area contributed by atoms with Crippen LogP contribution in [-0.2, 0) is 21.1 Å². The fraction of sp³-hybridized carbons (Fsp3) is 0.200. The van der Waals surface area contributed by atoms with E-state index < -0.39 is 9.84 Å². The molecule has 0 saturated carbocycles. The van der Waals surface area contributed by atoms with Crippen LogP contribution in [0.15, 0.2) is 41.4 Å². The summed E-state index contributed by atoms with van der Waals surface area (Å²) < 4.78 is 23.9. The van der Waals surface area contributed by atoms with E-state index in [2.05, 4.69) is 15.3 Å². The molecule has 1 aromatic carbocycles. The van der Waals surface area contributed by atoms with E-state index in [4.69, 9.17) is 0 Å². The van der Waals surface area contributed by atoms with Crippen LogP contribution in [0.4, 0.5) is 5.13 Å². The number of nitrogens with zero attached hydrogens (tertiary/aromatic N) is 1. The van der Waals surface area contributed by atoms with Crippen molar-refractivity contribution in [3.05, 3.63) is 42.2 Å². The van der Waals surface area contributed by atoms with Crippen LogP contribution in [0.3, 0.4) is 0 Å². The molecule has 1 amide bonds. The van der Waals surface area contributed by atoms with E-state index in [0.717, 1.165) is 10.4 Å². The third kappa shape index (κ3) is 3.77. The number of amides is 1. The molecule has 3 rings (SSSR count). The highest BCUT2D eigenvalue weighted by atomic mass is 32.2. The Labute approximate surface area is 137 Å². The second-order valence-electron chi connectivity index (χ2n) is 5.16. The van der Waals surface area contributed by atoms with Crippen molar-refractivity contribution in [3.8, 4) is 0 Å². The van der Waals surface area contributed by atoms with Gasteiger partial charge < -0.3 is 10.3 Å². The number of aromatic amines is 1. The number of hydrogen-bond acceptors (Lipinski definition) is 5. The predicted octanol–water partition coefficient (Wildman–Crippen LogP) is 2.60. The number of benzene rings is 1. The Kier molecular flexibility index (Phi) is 4.18. The topological polar surface area (TPSA) is 91.9 Å². The molecule has 0 radical (unpaired) electrons. The number of fused-ring (bicyclic) bond motifs is 1. The quantitative estimate of drug-likeness (QED) is 0.740. The number of nitrogens with one attached hydrogen (secondary N) is 2. The first-order valence-corrected chi connectivity index (χ1v) is 9.65. The standard InChI is InChI=1S/C15H15N3O3S2/c1-23(20,21)11-5-6-12-13(9-11)22-15(17-12)18-14(19)7-4-10-3-2-8-16-10/h2-3,5-6,8-9,16H,4,7H2,1H3,(H,17,18,19). The third-order valence-corrected chi connectivity index (χ3v) is 5.36. The Hall–Kier alpha value is -2.19. The number of H-pyrrole nitrogens is 1. The summed E-state index contributed by atoms with van der Waals surface area (Å²) in [5, 5.41) is 3.23. The zero-order valence-corrected chi connectivity index (χ0v) is 14.0. The number of thiazole rings is 1. The normalized spacial score (nSPS) is 11.7. The first-order chi connectivity index (χ1) is 10.9. The van der Waals surface area contributed by atoms with Gasteiger partial charge in [0, 0.05) is 24.6 Å². The summed E-state index contributed by atoms with van der Waals surface area (Å²) in [6.45, 7) is 0. The Morgan fingerprint density at radius 1 is 1.35 bits per heavy atom. The van der Waals surface area contributed by atoms with E-state index in [1.807, 2.05) is 18.3 Å². The number of anilines is 1. The number of sulfone groups is 1. The number of aromatic nitrogens is 2. The Balaban J connectivity index is 1.71. The Morgan fingerprint density at radius 3 is 2.87 bits per heavy atom. The lowest BCUT2D eigenvalue weighted by molar-refractivity contribution is -0.116. The van der Waals surface area contributed by atoms with Crippen LogP contribution in [0.5, 0.6) is 0 Å². The van der Waals surface area contributed by atoms with Gasteiger partial charge in [0.2, 0.25) is 5.91 Å². The number of aryl methyl sites for hydroxylation is 1. The molecule has 120 valence electrons. The molecule has 8 heteroatoms. The van der Waals surface area contributed by atoms with Gasteiger partial charge in [-0.25, -0.2) is 13.4 Å². The Morgan fingerprint density at radius 2 is 2.17 bits per heavy atom. The maximum absolute atomic E-state index is 12.0. The van der Waals surface area contributed by atoms with Crippen LogP contribution in [-0.4, -0.2) is 30.5 Å². The Bertz CT molecular complexity index is 944. The molecule has 2 aromatic heterocycles. The van der Waals surface area contributed by atoms with Gasteiger partial charge in [-0.2, -0.15) is 0 Å². The fourth-order valence-corrected chi connectivity index (χ4v) is 3.79. The number of hydrogen-bond donors (Lipinski definition) is 2. The van der Waals surface area contributed by atoms with E-state index in [1.54, 1.807) is 12.1 Å². The molecule has 0 aliphatic heterocycles. The van der Waals surface area contributed by atoms with Crippen LogP contribution < -0.4 is 5.32 Å². The summed E-state index contributed by atoms with van der Waals surface area (Å²) in [5.41, 5.74) is 1.67. The SMILES string of the molecule is CS(=O)(=O)c1ccc2nc(NC(=O)CCc3ccc[nH]3)sc2c1. The molecule has 0 bridgehead atoms. The van der Waals surface area contributed by atoms with E-state index in [1.165, 1.54) is 23.7 Å². The van der Waals surface area contributed by atoms with Gasteiger partial charge in [-0.05, 0) is 36.8 Å². The molecule has 0 spiro atoms. The van der Waals surface area contributed by atoms with Crippen molar-refractivity contribution in [3.63, 3.8) is 0 Å². The van der Waals surface area contributed by atoms with Crippen molar-refractivity contribution in [2.75, 3.05) is 11.6 Å². The number of rotatable bonds is 5. The van der Waals surface area contributed by atoms with E-state index in [9.17, 15) is 13.2 Å². The molecule has 2 heterocycles. The molecule has 23 heavy (non-hydrogen) atoms. The summed E-state index contributed by atoms with van der Waals surface area (Å²) in [4.78, 5) is 19.6. The molecule has 6 nitrogen and oxygen atoms in total. The average Bonchev–Trinajstić information content (AvgIpc) is 3.12. The van der Waals surface area contributed by atoms with E-state index in [0.29, 0.717) is 23.5 Å². The van der Waals surface area contributed by atoms with E-state index in [-0.39, 0.29) is 10.8 Å². The lowest BCUT2D eigenvalue weighted by atomic mass is 10.2. The summed E-state index contributed by atoms with van der Waals surface area (Å²) in [6, 6.07) is 8.57. The van der Waals surface area contributed by atoms with Gasteiger partial charge in [-0.1, -0.05) is 11.3 Å². The van der Waals surface area contributed by atoms with Gasteiger partial charge in [0.25, 0.3) is 0 Å². The zero-order chi connectivity index (χ0) is 16.4. The molecule has 2 N–H and O–H groups in total. The monoisotopic (exact) mass is 349 g/mol. The molecule has 0 aliphatic carbocycles.